The number of fused-ring (bicyclic) bond motifs is 3. The Hall–Kier alpha value is -1.81. The van der Waals surface area contributed by atoms with Gasteiger partial charge in [0.15, 0.2) is 0 Å². The minimum absolute atomic E-state index is 0.106. The number of nitrogens with two attached hydrogens (primary N) is 1. The number of hydrogen-bond donors (Lipinski definition) is 3. The van der Waals surface area contributed by atoms with Crippen LogP contribution in [0.2, 0.25) is 0 Å². The molecule has 1 aromatic heterocycles. The molecule has 0 saturated carbocycles. The molecule has 1 atom stereocenters. The summed E-state index contributed by atoms with van der Waals surface area (Å²) in [5.41, 5.74) is 8.99. The number of carbonyl (C=O) groups is 1. The van der Waals surface area contributed by atoms with Crippen LogP contribution in [0.15, 0.2) is 24.3 Å². The molecule has 0 spiro atoms. The van der Waals surface area contributed by atoms with Gasteiger partial charge in [0.2, 0.25) is 5.91 Å². The van der Waals surface area contributed by atoms with Crippen LogP contribution in [0.5, 0.6) is 0 Å². The number of nitrogens with one attached hydrogen (secondary N) is 2. The van der Waals surface area contributed by atoms with Crippen LogP contribution in [-0.4, -0.2) is 17.4 Å². The summed E-state index contributed by atoms with van der Waals surface area (Å²) in [6.45, 7) is 0.654. The van der Waals surface area contributed by atoms with E-state index in [1.807, 2.05) is 18.2 Å². The smallest absolute Gasteiger partial charge is 0.243 e. The summed E-state index contributed by atoms with van der Waals surface area (Å²) in [6.07, 6.45) is 0.832. The first-order chi connectivity index (χ1) is 7.77. The minimum atomic E-state index is -0.579. The SMILES string of the molecule is NC1C(=O)NCCc2c1[nH]c1ccccc21. The van der Waals surface area contributed by atoms with E-state index in [4.69, 9.17) is 5.73 Å². The predicted octanol–water partition coefficient (Wildman–Crippen LogP) is 0.840. The first-order valence-corrected chi connectivity index (χ1v) is 5.40. The Bertz CT molecular complexity index is 558. The second kappa shape index (κ2) is 3.35. The van der Waals surface area contributed by atoms with Gasteiger partial charge in [-0.25, -0.2) is 0 Å². The van der Waals surface area contributed by atoms with Crippen molar-refractivity contribution in [2.24, 2.45) is 5.73 Å². The number of para-hydroxylation sites is 1. The average Bonchev–Trinajstić information content (AvgIpc) is 2.61. The molecule has 0 radical (unpaired) electrons. The maximum Gasteiger partial charge on any atom is 0.243 e. The molecular weight excluding hydrogens is 202 g/mol. The molecule has 0 saturated heterocycles. The first-order valence-electron chi connectivity index (χ1n) is 5.40. The fraction of sp³-hybridized carbons (Fsp3) is 0.250. The van der Waals surface area contributed by atoms with E-state index in [-0.39, 0.29) is 5.91 Å². The third-order valence-corrected chi connectivity index (χ3v) is 3.11. The number of rotatable bonds is 0. The van der Waals surface area contributed by atoms with E-state index < -0.39 is 6.04 Å². The fourth-order valence-corrected chi connectivity index (χ4v) is 2.31. The Morgan fingerprint density at radius 1 is 1.31 bits per heavy atom. The Labute approximate surface area is 92.8 Å². The highest BCUT2D eigenvalue weighted by Crippen LogP contribution is 2.27. The van der Waals surface area contributed by atoms with Crippen LogP contribution in [0.1, 0.15) is 17.3 Å². The van der Waals surface area contributed by atoms with Crippen LogP contribution >= 0.6 is 0 Å². The Morgan fingerprint density at radius 2 is 2.12 bits per heavy atom. The summed E-state index contributed by atoms with van der Waals surface area (Å²) in [5.74, 6) is -0.106. The fourth-order valence-electron chi connectivity index (χ4n) is 2.31. The number of aromatic nitrogens is 1. The monoisotopic (exact) mass is 215 g/mol. The third kappa shape index (κ3) is 1.23. The zero-order chi connectivity index (χ0) is 11.1. The van der Waals surface area contributed by atoms with Gasteiger partial charge in [-0.15, -0.1) is 0 Å². The Morgan fingerprint density at radius 3 is 3.00 bits per heavy atom. The molecule has 4 nitrogen and oxygen atoms in total. The van der Waals surface area contributed by atoms with Gasteiger partial charge in [0.25, 0.3) is 0 Å². The van der Waals surface area contributed by atoms with Crippen molar-refractivity contribution in [1.82, 2.24) is 10.3 Å². The molecule has 82 valence electrons. The van der Waals surface area contributed by atoms with Crippen molar-refractivity contribution >= 4 is 16.8 Å². The summed E-state index contributed by atoms with van der Waals surface area (Å²) in [4.78, 5) is 14.8. The number of aromatic amines is 1. The number of amides is 1. The van der Waals surface area contributed by atoms with Crippen LogP contribution < -0.4 is 11.1 Å². The summed E-state index contributed by atoms with van der Waals surface area (Å²) in [6, 6.07) is 7.47. The van der Waals surface area contributed by atoms with Crippen LogP contribution in [0.4, 0.5) is 0 Å². The van der Waals surface area contributed by atoms with Gasteiger partial charge in [-0.1, -0.05) is 18.2 Å². The number of carbonyl (C=O) groups excluding carboxylic acids is 1. The number of hydrogen-bond acceptors (Lipinski definition) is 2. The molecule has 2 aromatic rings. The lowest BCUT2D eigenvalue weighted by Gasteiger charge is -2.06. The lowest BCUT2D eigenvalue weighted by atomic mass is 10.1. The average molecular weight is 215 g/mol. The van der Waals surface area contributed by atoms with Crippen LogP contribution in [-0.2, 0) is 11.2 Å². The molecule has 2 heterocycles. The molecule has 4 heteroatoms. The normalized spacial score (nSPS) is 20.3. The van der Waals surface area contributed by atoms with Gasteiger partial charge in [-0.3, -0.25) is 4.79 Å². The molecule has 1 aromatic carbocycles. The molecule has 3 rings (SSSR count). The van der Waals surface area contributed by atoms with Gasteiger partial charge < -0.3 is 16.0 Å². The van der Waals surface area contributed by atoms with E-state index in [2.05, 4.69) is 16.4 Å². The zero-order valence-electron chi connectivity index (χ0n) is 8.79. The summed E-state index contributed by atoms with van der Waals surface area (Å²) >= 11 is 0. The standard InChI is InChI=1S/C12H13N3O/c13-10-11-8(5-6-14-12(10)16)7-3-1-2-4-9(7)15-11/h1-4,10,15H,5-6,13H2,(H,14,16). The lowest BCUT2D eigenvalue weighted by Crippen LogP contribution is -2.32. The molecule has 4 N–H and O–H groups in total. The van der Waals surface area contributed by atoms with Crippen LogP contribution in [0.3, 0.4) is 0 Å². The number of H-pyrrole nitrogens is 1. The quantitative estimate of drug-likeness (QED) is 0.609. The second-order valence-electron chi connectivity index (χ2n) is 4.08. The van der Waals surface area contributed by atoms with Gasteiger partial charge >= 0.3 is 0 Å². The van der Waals surface area contributed by atoms with Crippen LogP contribution in [0, 0.1) is 0 Å². The number of benzene rings is 1. The van der Waals surface area contributed by atoms with Gasteiger partial charge in [0, 0.05) is 23.1 Å². The van der Waals surface area contributed by atoms with E-state index >= 15 is 0 Å². The summed E-state index contributed by atoms with van der Waals surface area (Å²) in [5, 5.41) is 3.98. The topological polar surface area (TPSA) is 70.9 Å². The third-order valence-electron chi connectivity index (χ3n) is 3.11. The maximum absolute atomic E-state index is 11.6. The van der Waals surface area contributed by atoms with Crippen molar-refractivity contribution in [3.05, 3.63) is 35.5 Å². The van der Waals surface area contributed by atoms with Crippen molar-refractivity contribution in [3.63, 3.8) is 0 Å². The van der Waals surface area contributed by atoms with E-state index in [1.165, 1.54) is 10.9 Å². The highest BCUT2D eigenvalue weighted by atomic mass is 16.2. The van der Waals surface area contributed by atoms with Gasteiger partial charge in [0.1, 0.15) is 6.04 Å². The first kappa shape index (κ1) is 9.42. The van der Waals surface area contributed by atoms with Crippen LogP contribution in [0.25, 0.3) is 10.9 Å². The van der Waals surface area contributed by atoms with Crippen molar-refractivity contribution in [2.75, 3.05) is 6.54 Å². The van der Waals surface area contributed by atoms with E-state index in [9.17, 15) is 4.79 Å². The Balaban J connectivity index is 2.27. The molecule has 1 unspecified atom stereocenters. The summed E-state index contributed by atoms with van der Waals surface area (Å²) < 4.78 is 0. The minimum Gasteiger partial charge on any atom is -0.356 e. The Kier molecular flexibility index (Phi) is 1.97. The molecule has 1 aliphatic rings. The lowest BCUT2D eigenvalue weighted by molar-refractivity contribution is -0.122. The predicted molar refractivity (Wildman–Crippen MR) is 61.9 cm³/mol. The summed E-state index contributed by atoms with van der Waals surface area (Å²) in [7, 11) is 0. The molecule has 1 amide bonds. The molecule has 0 bridgehead atoms. The van der Waals surface area contributed by atoms with E-state index in [0.717, 1.165) is 17.6 Å². The van der Waals surface area contributed by atoms with Gasteiger partial charge in [0.05, 0.1) is 0 Å². The van der Waals surface area contributed by atoms with Crippen molar-refractivity contribution in [3.8, 4) is 0 Å². The molecule has 16 heavy (non-hydrogen) atoms. The largest absolute Gasteiger partial charge is 0.356 e. The molecule has 1 aliphatic heterocycles. The van der Waals surface area contributed by atoms with Gasteiger partial charge in [-0.2, -0.15) is 0 Å². The highest BCUT2D eigenvalue weighted by molar-refractivity contribution is 5.90. The highest BCUT2D eigenvalue weighted by Gasteiger charge is 2.25. The van der Waals surface area contributed by atoms with Gasteiger partial charge in [-0.05, 0) is 18.1 Å². The molecular formula is C12H13N3O. The van der Waals surface area contributed by atoms with E-state index in [1.54, 1.807) is 0 Å². The zero-order valence-corrected chi connectivity index (χ0v) is 8.79. The second-order valence-corrected chi connectivity index (χ2v) is 4.08. The van der Waals surface area contributed by atoms with E-state index in [0.29, 0.717) is 6.54 Å². The van der Waals surface area contributed by atoms with Crippen molar-refractivity contribution < 1.29 is 4.79 Å². The van der Waals surface area contributed by atoms with Crippen molar-refractivity contribution in [1.29, 1.82) is 0 Å². The van der Waals surface area contributed by atoms with Crippen molar-refractivity contribution in [2.45, 2.75) is 12.5 Å². The maximum atomic E-state index is 11.6. The molecule has 0 aliphatic carbocycles. The molecule has 0 fully saturated rings.